The number of hydrogen-bond acceptors (Lipinski definition) is 3. The number of ether oxygens (including phenoxy) is 1. The molecule has 1 aromatic carbocycles. The Balaban J connectivity index is 2.11. The minimum absolute atomic E-state index is 0.157. The molecule has 1 heterocycles. The van der Waals surface area contributed by atoms with Gasteiger partial charge < -0.3 is 9.84 Å². The molecule has 0 amide bonds. The monoisotopic (exact) mass is 323 g/mol. The quantitative estimate of drug-likeness (QED) is 0.817. The maximum Gasteiger partial charge on any atom is 0.127 e. The van der Waals surface area contributed by atoms with E-state index in [0.717, 1.165) is 28.9 Å². The number of hydrogen-bond donors (Lipinski definition) is 1. The summed E-state index contributed by atoms with van der Waals surface area (Å²) in [5.74, 6) is 0.921. The normalized spacial score (nSPS) is 13.7. The van der Waals surface area contributed by atoms with Gasteiger partial charge in [-0.1, -0.05) is 22.0 Å². The fourth-order valence-corrected chi connectivity index (χ4v) is 2.51. The zero-order valence-corrected chi connectivity index (χ0v) is 12.4. The first-order chi connectivity index (χ1) is 9.22. The third kappa shape index (κ3) is 3.93. The Morgan fingerprint density at radius 2 is 2.32 bits per heavy atom. The standard InChI is InChI=1S/C15H18BrNO2/c1-2-5-17(6-7-18)10-12-8-13-9-14(16)3-4-15(13)19-11-12/h2-4,8-9,18H,1,5-7,10-11H2. The lowest BCUT2D eigenvalue weighted by Crippen LogP contribution is -2.31. The van der Waals surface area contributed by atoms with Crippen LogP contribution in [0.4, 0.5) is 0 Å². The molecular formula is C15H18BrNO2. The summed E-state index contributed by atoms with van der Waals surface area (Å²) in [6.45, 7) is 6.71. The summed E-state index contributed by atoms with van der Waals surface area (Å²) in [5.41, 5.74) is 2.30. The Hall–Kier alpha value is -1.10. The summed E-state index contributed by atoms with van der Waals surface area (Å²) < 4.78 is 6.79. The van der Waals surface area contributed by atoms with Crippen molar-refractivity contribution in [3.63, 3.8) is 0 Å². The molecule has 0 saturated carbocycles. The molecule has 3 nitrogen and oxygen atoms in total. The summed E-state index contributed by atoms with van der Waals surface area (Å²) in [5, 5.41) is 9.05. The average Bonchev–Trinajstić information content (AvgIpc) is 2.39. The molecule has 0 aliphatic carbocycles. The Labute approximate surface area is 122 Å². The van der Waals surface area contributed by atoms with E-state index in [1.165, 1.54) is 5.57 Å². The van der Waals surface area contributed by atoms with Crippen LogP contribution in [0.25, 0.3) is 6.08 Å². The van der Waals surface area contributed by atoms with Crippen molar-refractivity contribution >= 4 is 22.0 Å². The second kappa shape index (κ2) is 6.89. The van der Waals surface area contributed by atoms with Gasteiger partial charge in [0.2, 0.25) is 0 Å². The highest BCUT2D eigenvalue weighted by Crippen LogP contribution is 2.29. The summed E-state index contributed by atoms with van der Waals surface area (Å²) in [6, 6.07) is 6.01. The van der Waals surface area contributed by atoms with Gasteiger partial charge in [0.25, 0.3) is 0 Å². The predicted molar refractivity (Wildman–Crippen MR) is 81.3 cm³/mol. The lowest BCUT2D eigenvalue weighted by atomic mass is 10.1. The molecule has 0 saturated heterocycles. The summed E-state index contributed by atoms with van der Waals surface area (Å²) in [6.07, 6.45) is 4.02. The van der Waals surface area contributed by atoms with E-state index in [2.05, 4.69) is 39.6 Å². The number of aliphatic hydroxyl groups is 1. The number of nitrogens with zero attached hydrogens (tertiary/aromatic N) is 1. The largest absolute Gasteiger partial charge is 0.489 e. The minimum Gasteiger partial charge on any atom is -0.489 e. The minimum atomic E-state index is 0.157. The van der Waals surface area contributed by atoms with Crippen LogP contribution < -0.4 is 4.74 Å². The molecule has 0 fully saturated rings. The van der Waals surface area contributed by atoms with Crippen LogP contribution in [-0.4, -0.2) is 42.9 Å². The number of rotatable bonds is 6. The van der Waals surface area contributed by atoms with E-state index >= 15 is 0 Å². The second-order valence-corrected chi connectivity index (χ2v) is 5.44. The van der Waals surface area contributed by atoms with E-state index in [0.29, 0.717) is 13.2 Å². The van der Waals surface area contributed by atoms with Crippen LogP contribution in [0.15, 0.2) is 40.9 Å². The van der Waals surface area contributed by atoms with Crippen LogP contribution in [0, 0.1) is 0 Å². The third-order valence-electron chi connectivity index (χ3n) is 2.97. The van der Waals surface area contributed by atoms with Crippen molar-refractivity contribution in [2.45, 2.75) is 0 Å². The third-order valence-corrected chi connectivity index (χ3v) is 3.47. The molecule has 102 valence electrons. The Morgan fingerprint density at radius 1 is 1.47 bits per heavy atom. The van der Waals surface area contributed by atoms with E-state index in [9.17, 15) is 0 Å². The van der Waals surface area contributed by atoms with Crippen molar-refractivity contribution in [2.24, 2.45) is 0 Å². The molecule has 2 rings (SSSR count). The highest BCUT2D eigenvalue weighted by Gasteiger charge is 2.14. The molecule has 0 radical (unpaired) electrons. The van der Waals surface area contributed by atoms with Gasteiger partial charge in [0.15, 0.2) is 0 Å². The fourth-order valence-electron chi connectivity index (χ4n) is 2.13. The van der Waals surface area contributed by atoms with Crippen molar-refractivity contribution in [2.75, 3.05) is 32.8 Å². The van der Waals surface area contributed by atoms with E-state index in [-0.39, 0.29) is 6.61 Å². The molecule has 1 aliphatic rings. The van der Waals surface area contributed by atoms with Gasteiger partial charge in [-0.15, -0.1) is 6.58 Å². The first-order valence-corrected chi connectivity index (χ1v) is 7.08. The molecule has 0 unspecified atom stereocenters. The van der Waals surface area contributed by atoms with Crippen LogP contribution in [0.1, 0.15) is 5.56 Å². The van der Waals surface area contributed by atoms with Gasteiger partial charge in [-0.05, 0) is 29.8 Å². The number of aliphatic hydroxyl groups excluding tert-OH is 1. The number of benzene rings is 1. The van der Waals surface area contributed by atoms with Gasteiger partial charge in [0.1, 0.15) is 12.4 Å². The predicted octanol–water partition coefficient (Wildman–Crippen LogP) is 2.71. The van der Waals surface area contributed by atoms with Crippen LogP contribution >= 0.6 is 15.9 Å². The molecule has 0 bridgehead atoms. The Kier molecular flexibility index (Phi) is 5.19. The topological polar surface area (TPSA) is 32.7 Å². The fraction of sp³-hybridized carbons (Fsp3) is 0.333. The Bertz CT molecular complexity index is 485. The molecule has 1 aromatic rings. The summed E-state index contributed by atoms with van der Waals surface area (Å²) in [4.78, 5) is 2.14. The summed E-state index contributed by atoms with van der Waals surface area (Å²) in [7, 11) is 0. The van der Waals surface area contributed by atoms with Crippen molar-refractivity contribution in [3.05, 3.63) is 46.5 Å². The van der Waals surface area contributed by atoms with Crippen LogP contribution in [0.3, 0.4) is 0 Å². The first kappa shape index (κ1) is 14.3. The zero-order chi connectivity index (χ0) is 13.7. The SMILES string of the molecule is C=CCN(CCO)CC1=Cc2cc(Br)ccc2OC1. The van der Waals surface area contributed by atoms with Crippen molar-refractivity contribution < 1.29 is 9.84 Å². The highest BCUT2D eigenvalue weighted by atomic mass is 79.9. The molecular weight excluding hydrogens is 306 g/mol. The van der Waals surface area contributed by atoms with Crippen LogP contribution in [0.5, 0.6) is 5.75 Å². The van der Waals surface area contributed by atoms with E-state index < -0.39 is 0 Å². The number of halogens is 1. The lowest BCUT2D eigenvalue weighted by molar-refractivity contribution is 0.213. The molecule has 0 atom stereocenters. The molecule has 19 heavy (non-hydrogen) atoms. The summed E-state index contributed by atoms with van der Waals surface area (Å²) >= 11 is 3.47. The maximum absolute atomic E-state index is 9.05. The average molecular weight is 324 g/mol. The smallest absolute Gasteiger partial charge is 0.127 e. The molecule has 1 N–H and O–H groups in total. The van der Waals surface area contributed by atoms with Gasteiger partial charge in [-0.25, -0.2) is 0 Å². The zero-order valence-electron chi connectivity index (χ0n) is 10.8. The first-order valence-electron chi connectivity index (χ1n) is 6.29. The lowest BCUT2D eigenvalue weighted by Gasteiger charge is -2.24. The molecule has 0 spiro atoms. The van der Waals surface area contributed by atoms with Crippen molar-refractivity contribution in [3.8, 4) is 5.75 Å². The van der Waals surface area contributed by atoms with Crippen LogP contribution in [0.2, 0.25) is 0 Å². The second-order valence-electron chi connectivity index (χ2n) is 4.52. The van der Waals surface area contributed by atoms with E-state index in [1.54, 1.807) is 0 Å². The molecule has 1 aliphatic heterocycles. The molecule has 0 aromatic heterocycles. The van der Waals surface area contributed by atoms with Crippen molar-refractivity contribution in [1.82, 2.24) is 4.90 Å². The van der Waals surface area contributed by atoms with Gasteiger partial charge in [0.05, 0.1) is 6.61 Å². The van der Waals surface area contributed by atoms with E-state index in [1.807, 2.05) is 18.2 Å². The number of fused-ring (bicyclic) bond motifs is 1. The van der Waals surface area contributed by atoms with Crippen LogP contribution in [-0.2, 0) is 0 Å². The van der Waals surface area contributed by atoms with Gasteiger partial charge in [0, 0.05) is 29.7 Å². The Morgan fingerprint density at radius 3 is 3.05 bits per heavy atom. The van der Waals surface area contributed by atoms with E-state index in [4.69, 9.17) is 9.84 Å². The van der Waals surface area contributed by atoms with Crippen molar-refractivity contribution in [1.29, 1.82) is 0 Å². The maximum atomic E-state index is 9.05. The molecule has 4 heteroatoms. The van der Waals surface area contributed by atoms with Gasteiger partial charge in [-0.3, -0.25) is 4.90 Å². The van der Waals surface area contributed by atoms with Gasteiger partial charge in [-0.2, -0.15) is 0 Å². The van der Waals surface area contributed by atoms with Gasteiger partial charge >= 0.3 is 0 Å². The highest BCUT2D eigenvalue weighted by molar-refractivity contribution is 9.10.